The van der Waals surface area contributed by atoms with Gasteiger partial charge >= 0.3 is 0 Å². The zero-order chi connectivity index (χ0) is 21.6. The summed E-state index contributed by atoms with van der Waals surface area (Å²) in [5.41, 5.74) is 3.35. The number of nitrogens with zero attached hydrogens (tertiary/aromatic N) is 1. The molecule has 3 aliphatic rings. The number of rotatable bonds is 6. The summed E-state index contributed by atoms with van der Waals surface area (Å²) in [7, 11) is -3.67. The molecule has 1 aromatic rings. The molecule has 1 spiro atoms. The first kappa shape index (κ1) is 21.4. The molecule has 2 saturated carbocycles. The van der Waals surface area contributed by atoms with E-state index in [4.69, 9.17) is 4.84 Å². The van der Waals surface area contributed by atoms with Crippen LogP contribution in [0.2, 0.25) is 0 Å². The summed E-state index contributed by atoms with van der Waals surface area (Å²) in [4.78, 5) is 19.1. The average molecular weight is 431 g/mol. The molecule has 4 atom stereocenters. The van der Waals surface area contributed by atoms with Crippen molar-refractivity contribution >= 4 is 15.9 Å². The number of hydrogen-bond donors (Lipinski definition) is 1. The van der Waals surface area contributed by atoms with Gasteiger partial charge in [-0.2, -0.15) is 5.48 Å². The van der Waals surface area contributed by atoms with Crippen LogP contribution in [0.3, 0.4) is 0 Å². The number of carbonyl (C=O) groups is 1. The van der Waals surface area contributed by atoms with Crippen LogP contribution in [0.25, 0.3) is 0 Å². The number of hydroxylamine groups is 1. The highest BCUT2D eigenvalue weighted by molar-refractivity contribution is 7.90. The van der Waals surface area contributed by atoms with Crippen molar-refractivity contribution < 1.29 is 18.0 Å². The quantitative estimate of drug-likeness (QED) is 0.555. The Bertz CT molecular complexity index is 979. The van der Waals surface area contributed by atoms with Gasteiger partial charge in [-0.05, 0) is 43.1 Å². The predicted octanol–water partition coefficient (Wildman–Crippen LogP) is 2.86. The van der Waals surface area contributed by atoms with Gasteiger partial charge in [0.25, 0.3) is 5.91 Å². The maximum Gasteiger partial charge on any atom is 0.256 e. The Balaban J connectivity index is 1.54. The molecular weight excluding hydrogens is 400 g/mol. The van der Waals surface area contributed by atoms with Crippen LogP contribution < -0.4 is 5.48 Å². The normalized spacial score (nSPS) is 31.1. The minimum absolute atomic E-state index is 0.0664. The molecule has 1 saturated heterocycles. The van der Waals surface area contributed by atoms with Gasteiger partial charge in [-0.25, -0.2) is 12.7 Å². The molecule has 162 valence electrons. The zero-order valence-corrected chi connectivity index (χ0v) is 18.7. The van der Waals surface area contributed by atoms with E-state index in [9.17, 15) is 13.2 Å². The van der Waals surface area contributed by atoms with E-state index in [2.05, 4.69) is 31.2 Å². The van der Waals surface area contributed by atoms with Crippen LogP contribution >= 0.6 is 0 Å². The molecule has 2 unspecified atom stereocenters. The fraction of sp³-hybridized carbons (Fsp3) is 0.609. The molecule has 2 bridgehead atoms. The minimum Gasteiger partial charge on any atom is -0.296 e. The molecule has 4 rings (SSSR count). The highest BCUT2D eigenvalue weighted by Gasteiger charge is 2.72. The van der Waals surface area contributed by atoms with Gasteiger partial charge in [0.2, 0.25) is 10.0 Å². The molecular formula is C23H30N2O4S. The third-order valence-electron chi connectivity index (χ3n) is 7.72. The first-order valence-corrected chi connectivity index (χ1v) is 12.2. The lowest BCUT2D eigenvalue weighted by molar-refractivity contribution is -0.136. The van der Waals surface area contributed by atoms with Crippen molar-refractivity contribution in [3.63, 3.8) is 0 Å². The Labute approximate surface area is 179 Å². The number of hydrogen-bond acceptors (Lipinski definition) is 5. The number of fused-ring (bicyclic) bond motifs is 1. The molecule has 6 nitrogen and oxygen atoms in total. The average Bonchev–Trinajstić information content (AvgIpc) is 3.18. The van der Waals surface area contributed by atoms with Gasteiger partial charge in [-0.3, -0.25) is 9.63 Å². The lowest BCUT2D eigenvalue weighted by atomic mass is 9.69. The van der Waals surface area contributed by atoms with E-state index in [0.717, 1.165) is 24.8 Å². The van der Waals surface area contributed by atoms with Gasteiger partial charge in [0.1, 0.15) is 6.04 Å². The zero-order valence-electron chi connectivity index (χ0n) is 17.8. The van der Waals surface area contributed by atoms with Gasteiger partial charge < -0.3 is 0 Å². The Morgan fingerprint density at radius 1 is 1.33 bits per heavy atom. The summed E-state index contributed by atoms with van der Waals surface area (Å²) in [5, 5.41) is 0. The molecule has 1 aromatic carbocycles. The van der Waals surface area contributed by atoms with Crippen LogP contribution in [-0.4, -0.2) is 36.5 Å². The molecule has 1 aliphatic heterocycles. The fourth-order valence-corrected chi connectivity index (χ4v) is 8.49. The molecule has 7 heteroatoms. The van der Waals surface area contributed by atoms with Crippen molar-refractivity contribution in [1.29, 1.82) is 0 Å². The van der Waals surface area contributed by atoms with Crippen LogP contribution in [0.15, 0.2) is 30.3 Å². The van der Waals surface area contributed by atoms with Crippen molar-refractivity contribution in [3.8, 4) is 11.8 Å². The summed E-state index contributed by atoms with van der Waals surface area (Å²) < 4.78 is 27.5. The highest BCUT2D eigenvalue weighted by atomic mass is 32.2. The summed E-state index contributed by atoms with van der Waals surface area (Å²) in [5.74, 6) is 5.77. The van der Waals surface area contributed by atoms with Crippen molar-refractivity contribution in [2.75, 3.05) is 5.75 Å². The molecule has 30 heavy (non-hydrogen) atoms. The highest BCUT2D eigenvalue weighted by Crippen LogP contribution is 2.70. The van der Waals surface area contributed by atoms with E-state index in [-0.39, 0.29) is 35.7 Å². The lowest BCUT2D eigenvalue weighted by Gasteiger charge is -2.37. The van der Waals surface area contributed by atoms with E-state index in [1.54, 1.807) is 6.92 Å². The number of benzene rings is 1. The maximum atomic E-state index is 13.5. The smallest absolute Gasteiger partial charge is 0.256 e. The van der Waals surface area contributed by atoms with Crippen LogP contribution in [0.5, 0.6) is 0 Å². The molecule has 0 aromatic heterocycles. The largest absolute Gasteiger partial charge is 0.296 e. The lowest BCUT2D eigenvalue weighted by Crippen LogP contribution is -2.51. The minimum atomic E-state index is -3.67. The molecule has 1 heterocycles. The van der Waals surface area contributed by atoms with E-state index < -0.39 is 22.0 Å². The Morgan fingerprint density at radius 3 is 2.73 bits per heavy atom. The Morgan fingerprint density at radius 2 is 2.07 bits per heavy atom. The maximum absolute atomic E-state index is 13.5. The van der Waals surface area contributed by atoms with Gasteiger partial charge in [-0.15, -0.1) is 11.8 Å². The van der Waals surface area contributed by atoms with Crippen LogP contribution in [0, 0.1) is 28.6 Å². The van der Waals surface area contributed by atoms with E-state index in [1.807, 2.05) is 30.3 Å². The van der Waals surface area contributed by atoms with Gasteiger partial charge in [-0.1, -0.05) is 44.2 Å². The first-order chi connectivity index (χ1) is 14.2. The summed E-state index contributed by atoms with van der Waals surface area (Å²) in [6.45, 7) is 6.33. The third-order valence-corrected chi connectivity index (χ3v) is 9.63. The molecule has 2 aliphatic carbocycles. The van der Waals surface area contributed by atoms with Gasteiger partial charge in [0, 0.05) is 11.8 Å². The topological polar surface area (TPSA) is 75.7 Å². The molecule has 1 N–H and O–H groups in total. The second kappa shape index (κ2) is 7.67. The van der Waals surface area contributed by atoms with E-state index in [1.165, 1.54) is 4.31 Å². The standard InChI is InChI=1S/C23H30N2O4S/c1-4-5-11-19(24-29-15-17-9-7-6-8-10-17)21(26)25-20-14-18-12-13-23(20,22(18,2)3)16-30(25,27)28/h6-10,18-20,24H,11-16H2,1-3H3/t18?,19-,20?,23+/m0/s1. The van der Waals surface area contributed by atoms with Crippen LogP contribution in [0.1, 0.15) is 52.0 Å². The predicted molar refractivity (Wildman–Crippen MR) is 114 cm³/mol. The second-order valence-electron chi connectivity index (χ2n) is 9.33. The monoisotopic (exact) mass is 430 g/mol. The summed E-state index contributed by atoms with van der Waals surface area (Å²) >= 11 is 0. The summed E-state index contributed by atoms with van der Waals surface area (Å²) in [6, 6.07) is 8.52. The first-order valence-electron chi connectivity index (χ1n) is 10.6. The van der Waals surface area contributed by atoms with Crippen molar-refractivity contribution in [1.82, 2.24) is 9.79 Å². The van der Waals surface area contributed by atoms with Crippen molar-refractivity contribution in [3.05, 3.63) is 35.9 Å². The second-order valence-corrected chi connectivity index (χ2v) is 11.2. The van der Waals surface area contributed by atoms with Crippen molar-refractivity contribution in [2.24, 2.45) is 16.7 Å². The van der Waals surface area contributed by atoms with Gasteiger partial charge in [0.05, 0.1) is 18.4 Å². The summed E-state index contributed by atoms with van der Waals surface area (Å²) in [6.07, 6.45) is 2.87. The number of amides is 1. The molecule has 3 fully saturated rings. The fourth-order valence-electron chi connectivity index (χ4n) is 5.92. The van der Waals surface area contributed by atoms with E-state index in [0.29, 0.717) is 5.92 Å². The van der Waals surface area contributed by atoms with Gasteiger partial charge in [0.15, 0.2) is 0 Å². The van der Waals surface area contributed by atoms with E-state index >= 15 is 0 Å². The Hall–Kier alpha value is -1.88. The molecule has 1 amide bonds. The van der Waals surface area contributed by atoms with Crippen molar-refractivity contribution in [2.45, 2.75) is 65.1 Å². The van der Waals surface area contributed by atoms with Crippen LogP contribution in [-0.2, 0) is 26.3 Å². The third kappa shape index (κ3) is 3.26. The van der Waals surface area contributed by atoms with Crippen LogP contribution in [0.4, 0.5) is 0 Å². The number of carbonyl (C=O) groups excluding carboxylic acids is 1. The Kier molecular flexibility index (Phi) is 5.46. The molecule has 0 radical (unpaired) electrons. The number of nitrogens with one attached hydrogen (secondary N) is 1. The SMILES string of the molecule is CC#CC[C@H](NOCc1ccccc1)C(=O)N1C2CC3CC[C@]2(CS1(=O)=O)C3(C)C. The number of sulfonamides is 1.